The van der Waals surface area contributed by atoms with Gasteiger partial charge in [0.1, 0.15) is 18.5 Å². The fourth-order valence-electron chi connectivity index (χ4n) is 1.77. The molecule has 6 nitrogen and oxygen atoms in total. The summed E-state index contributed by atoms with van der Waals surface area (Å²) in [6, 6.07) is 7.07. The van der Waals surface area contributed by atoms with Crippen LogP contribution < -0.4 is 10.1 Å². The van der Waals surface area contributed by atoms with E-state index in [0.29, 0.717) is 17.3 Å². The van der Waals surface area contributed by atoms with E-state index in [0.717, 1.165) is 19.5 Å². The van der Waals surface area contributed by atoms with Crippen molar-refractivity contribution in [2.75, 3.05) is 19.7 Å². The van der Waals surface area contributed by atoms with E-state index in [4.69, 9.17) is 16.3 Å². The lowest BCUT2D eigenvalue weighted by Crippen LogP contribution is -2.32. The van der Waals surface area contributed by atoms with E-state index >= 15 is 0 Å². The lowest BCUT2D eigenvalue weighted by Gasteiger charge is -2.13. The van der Waals surface area contributed by atoms with Crippen LogP contribution in [-0.4, -0.2) is 45.9 Å². The highest BCUT2D eigenvalue weighted by atomic mass is 35.5. The highest BCUT2D eigenvalue weighted by Crippen LogP contribution is 2.15. The molecule has 0 aliphatic carbocycles. The molecule has 1 atom stereocenters. The van der Waals surface area contributed by atoms with E-state index in [2.05, 4.69) is 15.6 Å². The van der Waals surface area contributed by atoms with Crippen molar-refractivity contribution >= 4 is 11.6 Å². The molecule has 2 N–H and O–H groups in total. The first-order valence-electron chi connectivity index (χ1n) is 6.85. The van der Waals surface area contributed by atoms with E-state index in [9.17, 15) is 5.11 Å². The number of aliphatic hydroxyl groups excluding tert-OH is 1. The lowest BCUT2D eigenvalue weighted by atomic mass is 10.3. The maximum absolute atomic E-state index is 9.81. The number of hydrogen-bond donors (Lipinski definition) is 2. The van der Waals surface area contributed by atoms with Gasteiger partial charge in [-0.1, -0.05) is 16.8 Å². The fraction of sp³-hybridized carbons (Fsp3) is 0.429. The molecule has 1 unspecified atom stereocenters. The number of hydrogen-bond acceptors (Lipinski definition) is 5. The quantitative estimate of drug-likeness (QED) is 0.684. The van der Waals surface area contributed by atoms with Crippen molar-refractivity contribution in [1.82, 2.24) is 20.3 Å². The molecular weight excluding hydrogens is 292 g/mol. The highest BCUT2D eigenvalue weighted by Gasteiger charge is 2.04. The summed E-state index contributed by atoms with van der Waals surface area (Å²) in [4.78, 5) is 0. The molecule has 2 aromatic rings. The summed E-state index contributed by atoms with van der Waals surface area (Å²) < 4.78 is 7.25. The fourth-order valence-corrected chi connectivity index (χ4v) is 1.89. The molecule has 0 radical (unpaired) electrons. The molecule has 0 fully saturated rings. The molecule has 0 saturated heterocycles. The van der Waals surface area contributed by atoms with E-state index in [1.54, 1.807) is 35.1 Å². The molecule has 114 valence electrons. The third-order valence-electron chi connectivity index (χ3n) is 2.85. The van der Waals surface area contributed by atoms with Gasteiger partial charge in [0.05, 0.1) is 6.20 Å². The molecule has 7 heteroatoms. The van der Waals surface area contributed by atoms with E-state index in [1.165, 1.54) is 0 Å². The summed E-state index contributed by atoms with van der Waals surface area (Å²) >= 11 is 5.78. The maximum Gasteiger partial charge on any atom is 0.119 e. The minimum atomic E-state index is -0.549. The van der Waals surface area contributed by atoms with Gasteiger partial charge in [-0.15, -0.1) is 5.10 Å². The van der Waals surface area contributed by atoms with Gasteiger partial charge in [-0.2, -0.15) is 0 Å². The van der Waals surface area contributed by atoms with Gasteiger partial charge >= 0.3 is 0 Å². The smallest absolute Gasteiger partial charge is 0.119 e. The molecule has 0 aliphatic rings. The summed E-state index contributed by atoms with van der Waals surface area (Å²) in [5, 5.41) is 21.3. The van der Waals surface area contributed by atoms with Crippen molar-refractivity contribution in [3.63, 3.8) is 0 Å². The number of nitrogens with zero attached hydrogens (tertiary/aromatic N) is 3. The summed E-state index contributed by atoms with van der Waals surface area (Å²) in [5.41, 5.74) is 0. The largest absolute Gasteiger partial charge is 0.491 e. The van der Waals surface area contributed by atoms with Crippen molar-refractivity contribution in [2.45, 2.75) is 19.1 Å². The first-order chi connectivity index (χ1) is 10.2. The molecule has 0 bridgehead atoms. The molecule has 21 heavy (non-hydrogen) atoms. The minimum absolute atomic E-state index is 0.248. The normalized spacial score (nSPS) is 12.3. The molecular formula is C14H19ClN4O2. The van der Waals surface area contributed by atoms with E-state index in [-0.39, 0.29) is 6.61 Å². The van der Waals surface area contributed by atoms with Crippen LogP contribution >= 0.6 is 11.6 Å². The average molecular weight is 311 g/mol. The Bertz CT molecular complexity index is 504. The van der Waals surface area contributed by atoms with Crippen LogP contribution in [0.3, 0.4) is 0 Å². The summed E-state index contributed by atoms with van der Waals surface area (Å²) in [6.45, 7) is 2.35. The van der Waals surface area contributed by atoms with Crippen LogP contribution in [0.15, 0.2) is 36.7 Å². The van der Waals surface area contributed by atoms with Gasteiger partial charge in [0.15, 0.2) is 0 Å². The van der Waals surface area contributed by atoms with Crippen LogP contribution in [0.1, 0.15) is 6.42 Å². The van der Waals surface area contributed by atoms with Crippen LogP contribution in [0.5, 0.6) is 5.75 Å². The zero-order chi connectivity index (χ0) is 14.9. The number of aryl methyl sites for hydroxylation is 1. The van der Waals surface area contributed by atoms with Crippen molar-refractivity contribution in [3.05, 3.63) is 41.7 Å². The topological polar surface area (TPSA) is 72.2 Å². The number of aliphatic hydroxyl groups is 1. The third-order valence-corrected chi connectivity index (χ3v) is 3.10. The predicted octanol–water partition coefficient (Wildman–Crippen LogP) is 1.35. The molecule has 0 aliphatic heterocycles. The summed E-state index contributed by atoms with van der Waals surface area (Å²) in [7, 11) is 0. The standard InChI is InChI=1S/C14H19ClN4O2/c15-12-2-4-14(5-3-12)21-11-13(20)10-16-6-1-8-19-9-7-17-18-19/h2-5,7,9,13,16,20H,1,6,8,10-11H2. The zero-order valence-electron chi connectivity index (χ0n) is 11.7. The molecule has 1 heterocycles. The van der Waals surface area contributed by atoms with Gasteiger partial charge in [0.25, 0.3) is 0 Å². The highest BCUT2D eigenvalue weighted by molar-refractivity contribution is 6.30. The Balaban J connectivity index is 1.53. The van der Waals surface area contributed by atoms with Gasteiger partial charge < -0.3 is 15.2 Å². The number of nitrogens with one attached hydrogen (secondary N) is 1. The second-order valence-corrected chi connectivity index (χ2v) is 5.08. The van der Waals surface area contributed by atoms with Gasteiger partial charge in [0.2, 0.25) is 0 Å². The Hall–Kier alpha value is -1.63. The molecule has 1 aromatic carbocycles. The molecule has 0 saturated carbocycles. The van der Waals surface area contributed by atoms with Crippen LogP contribution in [0.25, 0.3) is 0 Å². The van der Waals surface area contributed by atoms with Crippen molar-refractivity contribution in [2.24, 2.45) is 0 Å². The van der Waals surface area contributed by atoms with E-state index in [1.807, 2.05) is 6.20 Å². The van der Waals surface area contributed by atoms with Gasteiger partial charge in [0, 0.05) is 24.3 Å². The monoisotopic (exact) mass is 310 g/mol. The SMILES string of the molecule is OC(CNCCCn1ccnn1)COc1ccc(Cl)cc1. The summed E-state index contributed by atoms with van der Waals surface area (Å²) in [5.74, 6) is 0.699. The number of benzene rings is 1. The van der Waals surface area contributed by atoms with Crippen molar-refractivity contribution < 1.29 is 9.84 Å². The first-order valence-corrected chi connectivity index (χ1v) is 7.23. The number of ether oxygens (including phenoxy) is 1. The van der Waals surface area contributed by atoms with Gasteiger partial charge in [-0.05, 0) is 37.2 Å². The first kappa shape index (κ1) is 15.8. The molecule has 2 rings (SSSR count). The van der Waals surface area contributed by atoms with Crippen molar-refractivity contribution in [3.8, 4) is 5.75 Å². The molecule has 0 spiro atoms. The third kappa shape index (κ3) is 6.12. The van der Waals surface area contributed by atoms with Crippen LogP contribution in [-0.2, 0) is 6.54 Å². The minimum Gasteiger partial charge on any atom is -0.491 e. The number of aromatic nitrogens is 3. The number of halogens is 1. The van der Waals surface area contributed by atoms with Crippen molar-refractivity contribution in [1.29, 1.82) is 0 Å². The Morgan fingerprint density at radius 3 is 2.86 bits per heavy atom. The van der Waals surface area contributed by atoms with E-state index < -0.39 is 6.10 Å². The molecule has 0 amide bonds. The Kier molecular flexibility index (Phi) is 6.46. The number of rotatable bonds is 9. The second kappa shape index (κ2) is 8.61. The summed E-state index contributed by atoms with van der Waals surface area (Å²) in [6.07, 6.45) is 3.86. The van der Waals surface area contributed by atoms with Crippen LogP contribution in [0.2, 0.25) is 5.02 Å². The Morgan fingerprint density at radius 2 is 2.14 bits per heavy atom. The second-order valence-electron chi connectivity index (χ2n) is 4.64. The van der Waals surface area contributed by atoms with Gasteiger partial charge in [-0.3, -0.25) is 4.68 Å². The molecule has 1 aromatic heterocycles. The van der Waals surface area contributed by atoms with Crippen LogP contribution in [0, 0.1) is 0 Å². The predicted molar refractivity (Wildman–Crippen MR) is 80.5 cm³/mol. The Morgan fingerprint density at radius 1 is 1.33 bits per heavy atom. The maximum atomic E-state index is 9.81. The lowest BCUT2D eigenvalue weighted by molar-refractivity contribution is 0.106. The van der Waals surface area contributed by atoms with Crippen LogP contribution in [0.4, 0.5) is 0 Å². The Labute approximate surface area is 128 Å². The average Bonchev–Trinajstić information content (AvgIpc) is 2.99. The zero-order valence-corrected chi connectivity index (χ0v) is 12.4. The van der Waals surface area contributed by atoms with Gasteiger partial charge in [-0.25, -0.2) is 0 Å².